The van der Waals surface area contributed by atoms with Crippen molar-refractivity contribution < 1.29 is 0 Å². The summed E-state index contributed by atoms with van der Waals surface area (Å²) < 4.78 is 0. The van der Waals surface area contributed by atoms with Crippen molar-refractivity contribution in [3.8, 4) is 0 Å². The molecule has 0 N–H and O–H groups in total. The van der Waals surface area contributed by atoms with Gasteiger partial charge < -0.3 is 0 Å². The van der Waals surface area contributed by atoms with Crippen LogP contribution in [0, 0.1) is 6.92 Å². The summed E-state index contributed by atoms with van der Waals surface area (Å²) in [6, 6.07) is 2.07. The van der Waals surface area contributed by atoms with Crippen molar-refractivity contribution in [2.24, 2.45) is 4.99 Å². The van der Waals surface area contributed by atoms with Crippen molar-refractivity contribution >= 4 is 12.0 Å². The van der Waals surface area contributed by atoms with Crippen LogP contribution < -0.4 is 0 Å². The average Bonchev–Trinajstić information content (AvgIpc) is 2.88. The van der Waals surface area contributed by atoms with Crippen LogP contribution in [0.4, 0.5) is 5.82 Å². The number of aliphatic imine (C=N–C) groups is 1. The fourth-order valence-corrected chi connectivity index (χ4v) is 1.66. The average molecular weight is 174 g/mol. The predicted octanol–water partition coefficient (Wildman–Crippen LogP) is 2.99. The summed E-state index contributed by atoms with van der Waals surface area (Å²) in [4.78, 5) is 8.59. The summed E-state index contributed by atoms with van der Waals surface area (Å²) in [7, 11) is 0. The van der Waals surface area contributed by atoms with Crippen LogP contribution >= 0.6 is 0 Å². The first-order valence-corrected chi connectivity index (χ1v) is 4.77. The summed E-state index contributed by atoms with van der Waals surface area (Å²) in [5, 5.41) is 0. The molecule has 1 aliphatic carbocycles. The molecule has 2 nitrogen and oxygen atoms in total. The van der Waals surface area contributed by atoms with Crippen molar-refractivity contribution in [2.75, 3.05) is 0 Å². The molecule has 0 amide bonds. The summed E-state index contributed by atoms with van der Waals surface area (Å²) >= 11 is 0. The van der Waals surface area contributed by atoms with Crippen LogP contribution in [0.3, 0.4) is 0 Å². The smallest absolute Gasteiger partial charge is 0.155 e. The third kappa shape index (κ3) is 1.62. The first-order valence-electron chi connectivity index (χ1n) is 4.77. The Balaban J connectivity index is 2.47. The Morgan fingerprint density at radius 1 is 1.54 bits per heavy atom. The predicted molar refractivity (Wildman–Crippen MR) is 54.8 cm³/mol. The summed E-state index contributed by atoms with van der Waals surface area (Å²) in [5.74, 6) is 1.65. The molecule has 1 saturated carbocycles. The van der Waals surface area contributed by atoms with E-state index in [-0.39, 0.29) is 0 Å². The minimum absolute atomic E-state index is 0.729. The standard InChI is InChI=1S/C11H14N2/c1-3-12-11-10(9-4-5-9)8(2)6-7-13-11/h3,6-7,9H,4-5H2,1-2H3. The molecule has 1 fully saturated rings. The van der Waals surface area contributed by atoms with E-state index in [1.807, 2.05) is 19.3 Å². The van der Waals surface area contributed by atoms with E-state index in [4.69, 9.17) is 0 Å². The monoisotopic (exact) mass is 174 g/mol. The molecule has 0 aromatic carbocycles. The second-order valence-corrected chi connectivity index (χ2v) is 3.53. The number of aromatic nitrogens is 1. The molecule has 0 spiro atoms. The Hall–Kier alpha value is -1.18. The number of hydrogen-bond donors (Lipinski definition) is 0. The van der Waals surface area contributed by atoms with Gasteiger partial charge in [0.1, 0.15) is 0 Å². The van der Waals surface area contributed by atoms with Crippen LogP contribution in [0.25, 0.3) is 0 Å². The second kappa shape index (κ2) is 3.29. The maximum absolute atomic E-state index is 4.29. The topological polar surface area (TPSA) is 25.2 Å². The van der Waals surface area contributed by atoms with Crippen molar-refractivity contribution in [2.45, 2.75) is 32.6 Å². The molecule has 2 heteroatoms. The van der Waals surface area contributed by atoms with Gasteiger partial charge in [0.15, 0.2) is 5.82 Å². The molecule has 0 bridgehead atoms. The lowest BCUT2D eigenvalue weighted by Gasteiger charge is -2.05. The zero-order valence-corrected chi connectivity index (χ0v) is 8.12. The van der Waals surface area contributed by atoms with E-state index in [0.29, 0.717) is 0 Å². The SMILES string of the molecule is CC=Nc1nccc(C)c1C1CC1. The molecular weight excluding hydrogens is 160 g/mol. The highest BCUT2D eigenvalue weighted by atomic mass is 14.9. The molecule has 13 heavy (non-hydrogen) atoms. The molecule has 0 aliphatic heterocycles. The van der Waals surface area contributed by atoms with E-state index in [0.717, 1.165) is 11.7 Å². The first-order chi connectivity index (χ1) is 6.33. The fourth-order valence-electron chi connectivity index (χ4n) is 1.66. The van der Waals surface area contributed by atoms with E-state index in [9.17, 15) is 0 Å². The van der Waals surface area contributed by atoms with Crippen LogP contribution in [-0.2, 0) is 0 Å². The minimum atomic E-state index is 0.729. The van der Waals surface area contributed by atoms with E-state index in [1.54, 1.807) is 0 Å². The highest BCUT2D eigenvalue weighted by molar-refractivity contribution is 5.61. The molecule has 0 saturated heterocycles. The van der Waals surface area contributed by atoms with Crippen LogP contribution in [0.1, 0.15) is 36.8 Å². The van der Waals surface area contributed by atoms with E-state index in [1.165, 1.54) is 24.0 Å². The van der Waals surface area contributed by atoms with Gasteiger partial charge in [-0.2, -0.15) is 0 Å². The van der Waals surface area contributed by atoms with Gasteiger partial charge in [0.2, 0.25) is 0 Å². The largest absolute Gasteiger partial charge is 0.242 e. The fraction of sp³-hybridized carbons (Fsp3) is 0.455. The molecule has 0 atom stereocenters. The van der Waals surface area contributed by atoms with Gasteiger partial charge >= 0.3 is 0 Å². The Kier molecular flexibility index (Phi) is 2.13. The molecule has 0 radical (unpaired) electrons. The van der Waals surface area contributed by atoms with Gasteiger partial charge in [-0.05, 0) is 44.2 Å². The lowest BCUT2D eigenvalue weighted by atomic mass is 10.1. The third-order valence-electron chi connectivity index (χ3n) is 2.42. The van der Waals surface area contributed by atoms with Crippen molar-refractivity contribution in [3.63, 3.8) is 0 Å². The number of rotatable bonds is 2. The molecule has 1 heterocycles. The van der Waals surface area contributed by atoms with Crippen molar-refractivity contribution in [1.29, 1.82) is 0 Å². The van der Waals surface area contributed by atoms with Gasteiger partial charge in [-0.25, -0.2) is 9.98 Å². The van der Waals surface area contributed by atoms with E-state index >= 15 is 0 Å². The number of aryl methyl sites for hydroxylation is 1. The van der Waals surface area contributed by atoms with Gasteiger partial charge in [0.25, 0.3) is 0 Å². The quantitative estimate of drug-likeness (QED) is 0.633. The zero-order valence-electron chi connectivity index (χ0n) is 8.12. The lowest BCUT2D eigenvalue weighted by Crippen LogP contribution is -1.89. The van der Waals surface area contributed by atoms with E-state index in [2.05, 4.69) is 23.0 Å². The first kappa shape index (κ1) is 8.42. The highest BCUT2D eigenvalue weighted by Crippen LogP contribution is 2.44. The molecule has 1 aliphatic rings. The molecule has 1 aromatic rings. The lowest BCUT2D eigenvalue weighted by molar-refractivity contribution is 1.05. The molecular formula is C11H14N2. The Morgan fingerprint density at radius 3 is 2.92 bits per heavy atom. The summed E-state index contributed by atoms with van der Waals surface area (Å²) in [5.41, 5.74) is 2.69. The Bertz CT molecular complexity index is 338. The third-order valence-corrected chi connectivity index (χ3v) is 2.42. The van der Waals surface area contributed by atoms with Gasteiger partial charge in [0.05, 0.1) is 0 Å². The maximum Gasteiger partial charge on any atom is 0.155 e. The highest BCUT2D eigenvalue weighted by Gasteiger charge is 2.27. The van der Waals surface area contributed by atoms with Crippen LogP contribution in [-0.4, -0.2) is 11.2 Å². The zero-order chi connectivity index (χ0) is 9.26. The molecule has 2 rings (SSSR count). The van der Waals surface area contributed by atoms with Crippen LogP contribution in [0.5, 0.6) is 0 Å². The Morgan fingerprint density at radius 2 is 2.31 bits per heavy atom. The van der Waals surface area contributed by atoms with Crippen molar-refractivity contribution in [1.82, 2.24) is 4.98 Å². The molecule has 1 aromatic heterocycles. The van der Waals surface area contributed by atoms with E-state index < -0.39 is 0 Å². The normalized spacial score (nSPS) is 16.8. The van der Waals surface area contributed by atoms with Gasteiger partial charge in [0, 0.05) is 18.0 Å². The van der Waals surface area contributed by atoms with Gasteiger partial charge in [-0.1, -0.05) is 0 Å². The number of nitrogens with zero attached hydrogens (tertiary/aromatic N) is 2. The minimum Gasteiger partial charge on any atom is -0.242 e. The van der Waals surface area contributed by atoms with Crippen LogP contribution in [0.2, 0.25) is 0 Å². The van der Waals surface area contributed by atoms with Gasteiger partial charge in [-0.3, -0.25) is 0 Å². The number of pyridine rings is 1. The van der Waals surface area contributed by atoms with Crippen molar-refractivity contribution in [3.05, 3.63) is 23.4 Å². The summed E-state index contributed by atoms with van der Waals surface area (Å²) in [6.07, 6.45) is 6.26. The second-order valence-electron chi connectivity index (χ2n) is 3.53. The number of hydrogen-bond acceptors (Lipinski definition) is 2. The summed E-state index contributed by atoms with van der Waals surface area (Å²) in [6.45, 7) is 4.07. The molecule has 0 unspecified atom stereocenters. The van der Waals surface area contributed by atoms with Crippen LogP contribution in [0.15, 0.2) is 17.3 Å². The molecule has 68 valence electrons. The Labute approximate surface area is 78.7 Å². The van der Waals surface area contributed by atoms with Gasteiger partial charge in [-0.15, -0.1) is 0 Å². The maximum atomic E-state index is 4.29.